The van der Waals surface area contributed by atoms with Gasteiger partial charge in [-0.25, -0.2) is 9.59 Å². The number of rotatable bonds is 3. The van der Waals surface area contributed by atoms with Gasteiger partial charge in [-0.05, 0) is 11.6 Å². The molecule has 0 saturated carbocycles. The topological polar surface area (TPSA) is 52.6 Å². The van der Waals surface area contributed by atoms with Crippen LogP contribution in [0.1, 0.15) is 5.56 Å². The molecule has 0 aliphatic carbocycles. The number of allylic oxidation sites excluding steroid dienone is 4. The maximum Gasteiger partial charge on any atom is 0.423 e. The highest BCUT2D eigenvalue weighted by atomic mass is 32.2. The number of carbonyl (C=O) groups is 2. The molecule has 0 bridgehead atoms. The average Bonchev–Trinajstić information content (AvgIpc) is 2.61. The Morgan fingerprint density at radius 2 is 1.52 bits per heavy atom. The van der Waals surface area contributed by atoms with E-state index in [0.717, 1.165) is 14.2 Å². The lowest BCUT2D eigenvalue weighted by molar-refractivity contribution is -0.144. The zero-order valence-electron chi connectivity index (χ0n) is 13.2. The van der Waals surface area contributed by atoms with Gasteiger partial charge in [-0.3, -0.25) is 0 Å². The Hall–Kier alpha value is -2.48. The van der Waals surface area contributed by atoms with Gasteiger partial charge in [0.05, 0.1) is 14.2 Å². The van der Waals surface area contributed by atoms with Gasteiger partial charge < -0.3 is 9.47 Å². The molecule has 1 aromatic rings. The summed E-state index contributed by atoms with van der Waals surface area (Å²) in [7, 11) is 2.05. The van der Waals surface area contributed by atoms with Crippen LogP contribution >= 0.6 is 11.8 Å². The predicted octanol–water partition coefficient (Wildman–Crippen LogP) is 3.86. The molecule has 4 nitrogen and oxygen atoms in total. The summed E-state index contributed by atoms with van der Waals surface area (Å²) in [6.07, 6.45) is -2.18. The first-order chi connectivity index (χ1) is 11.8. The van der Waals surface area contributed by atoms with E-state index in [1.54, 1.807) is 30.3 Å². The molecular weight excluding hydrogens is 357 g/mol. The molecule has 0 aromatic heterocycles. The predicted molar refractivity (Wildman–Crippen MR) is 87.2 cm³/mol. The lowest BCUT2D eigenvalue weighted by Gasteiger charge is -2.21. The molecule has 0 amide bonds. The van der Waals surface area contributed by atoms with Crippen LogP contribution in [-0.2, 0) is 19.1 Å². The van der Waals surface area contributed by atoms with E-state index < -0.39 is 28.6 Å². The van der Waals surface area contributed by atoms with Gasteiger partial charge in [0.15, 0.2) is 5.57 Å². The molecule has 25 heavy (non-hydrogen) atoms. The third-order valence-corrected chi connectivity index (χ3v) is 4.44. The van der Waals surface area contributed by atoms with Gasteiger partial charge in [-0.15, -0.1) is 0 Å². The summed E-state index contributed by atoms with van der Waals surface area (Å²) in [5, 5.41) is 0. The Balaban J connectivity index is 2.60. The first-order valence-corrected chi connectivity index (χ1v) is 7.75. The average molecular weight is 370 g/mol. The van der Waals surface area contributed by atoms with E-state index in [9.17, 15) is 22.8 Å². The van der Waals surface area contributed by atoms with Gasteiger partial charge in [0.25, 0.3) is 0 Å². The Morgan fingerprint density at radius 3 is 2.00 bits per heavy atom. The Bertz CT molecular complexity index is 759. The molecule has 2 rings (SSSR count). The minimum absolute atomic E-state index is 0.0454. The summed E-state index contributed by atoms with van der Waals surface area (Å²) in [5.74, 6) is -2.13. The zero-order chi connectivity index (χ0) is 18.6. The van der Waals surface area contributed by atoms with E-state index >= 15 is 0 Å². The zero-order valence-corrected chi connectivity index (χ0v) is 14.0. The highest BCUT2D eigenvalue weighted by Gasteiger charge is 2.40. The number of benzene rings is 1. The van der Waals surface area contributed by atoms with E-state index in [-0.39, 0.29) is 22.2 Å². The number of hydrogen-bond acceptors (Lipinski definition) is 5. The number of esters is 2. The summed E-state index contributed by atoms with van der Waals surface area (Å²) >= 11 is 0.283. The van der Waals surface area contributed by atoms with Gasteiger partial charge in [0.2, 0.25) is 0 Å². The number of methoxy groups -OCH3 is 2. The fraction of sp³-hybridized carbons (Fsp3) is 0.176. The highest BCUT2D eigenvalue weighted by Crippen LogP contribution is 2.47. The van der Waals surface area contributed by atoms with E-state index in [2.05, 4.69) is 9.47 Å². The fourth-order valence-corrected chi connectivity index (χ4v) is 3.15. The molecule has 0 atom stereocenters. The van der Waals surface area contributed by atoms with Crippen molar-refractivity contribution in [3.8, 4) is 0 Å². The maximum absolute atomic E-state index is 13.5. The van der Waals surface area contributed by atoms with Gasteiger partial charge in [-0.1, -0.05) is 48.2 Å². The highest BCUT2D eigenvalue weighted by molar-refractivity contribution is 8.07. The van der Waals surface area contributed by atoms with Crippen LogP contribution in [0.4, 0.5) is 13.2 Å². The molecule has 8 heteroatoms. The Morgan fingerprint density at radius 1 is 0.960 bits per heavy atom. The van der Waals surface area contributed by atoms with Crippen molar-refractivity contribution < 1.29 is 32.2 Å². The van der Waals surface area contributed by atoms with Crippen molar-refractivity contribution in [3.05, 3.63) is 63.4 Å². The van der Waals surface area contributed by atoms with Crippen molar-refractivity contribution in [2.75, 3.05) is 14.2 Å². The summed E-state index contributed by atoms with van der Waals surface area (Å²) < 4.78 is 49.5. The van der Waals surface area contributed by atoms with E-state index in [1.807, 2.05) is 0 Å². The van der Waals surface area contributed by atoms with Crippen molar-refractivity contribution in [2.45, 2.75) is 6.18 Å². The molecule has 0 N–H and O–H groups in total. The smallest absolute Gasteiger partial charge is 0.423 e. The lowest BCUT2D eigenvalue weighted by atomic mass is 10.0. The summed E-state index contributed by atoms with van der Waals surface area (Å²) in [6.45, 7) is 0. The van der Waals surface area contributed by atoms with E-state index in [1.165, 1.54) is 12.2 Å². The summed E-state index contributed by atoms with van der Waals surface area (Å²) in [5.41, 5.74) is -0.258. The van der Waals surface area contributed by atoms with Gasteiger partial charge in [-0.2, -0.15) is 13.2 Å². The van der Waals surface area contributed by atoms with Crippen molar-refractivity contribution in [1.82, 2.24) is 0 Å². The minimum Gasteiger partial charge on any atom is -0.465 e. The molecular formula is C17H13F3O4S. The minimum atomic E-state index is -4.66. The fourth-order valence-electron chi connectivity index (χ4n) is 2.11. The summed E-state index contributed by atoms with van der Waals surface area (Å²) in [4.78, 5) is 22.5. The van der Waals surface area contributed by atoms with Crippen molar-refractivity contribution in [2.24, 2.45) is 0 Å². The Kier molecular flexibility index (Phi) is 5.73. The molecule has 132 valence electrons. The molecule has 0 unspecified atom stereocenters. The number of ether oxygens (including phenoxy) is 2. The van der Waals surface area contributed by atoms with Crippen molar-refractivity contribution in [3.63, 3.8) is 0 Å². The van der Waals surface area contributed by atoms with Crippen LogP contribution in [0.5, 0.6) is 0 Å². The molecule has 1 aliphatic rings. The van der Waals surface area contributed by atoms with Crippen molar-refractivity contribution >= 4 is 29.3 Å². The maximum atomic E-state index is 13.5. The monoisotopic (exact) mass is 370 g/mol. The lowest BCUT2D eigenvalue weighted by Crippen LogP contribution is -2.19. The normalized spacial score (nSPS) is 14.4. The third kappa shape index (κ3) is 4.14. The van der Waals surface area contributed by atoms with Crippen LogP contribution in [-0.4, -0.2) is 32.3 Å². The van der Waals surface area contributed by atoms with Crippen LogP contribution in [0.2, 0.25) is 0 Å². The van der Waals surface area contributed by atoms with Crippen LogP contribution in [0.15, 0.2) is 57.9 Å². The molecule has 0 radical (unpaired) electrons. The number of thioether (sulfide) groups is 1. The first-order valence-electron chi connectivity index (χ1n) is 6.93. The van der Waals surface area contributed by atoms with Gasteiger partial charge in [0, 0.05) is 10.5 Å². The molecule has 0 fully saturated rings. The SMILES string of the molecule is COC(=O)C(C(=O)OC)=C1C=CC(c2ccccc2)=C(C(F)(F)F)S1. The van der Waals surface area contributed by atoms with Crippen LogP contribution in [0, 0.1) is 0 Å². The van der Waals surface area contributed by atoms with Crippen LogP contribution < -0.4 is 0 Å². The van der Waals surface area contributed by atoms with Gasteiger partial charge >= 0.3 is 18.1 Å². The number of hydrogen-bond donors (Lipinski definition) is 0. The quantitative estimate of drug-likeness (QED) is 0.350. The van der Waals surface area contributed by atoms with E-state index in [0.29, 0.717) is 5.56 Å². The number of alkyl halides is 3. The second-order valence-electron chi connectivity index (χ2n) is 4.76. The van der Waals surface area contributed by atoms with Gasteiger partial charge in [0.1, 0.15) is 4.91 Å². The molecule has 0 saturated heterocycles. The second kappa shape index (κ2) is 7.60. The number of carbonyl (C=O) groups excluding carboxylic acids is 2. The van der Waals surface area contributed by atoms with Crippen LogP contribution in [0.3, 0.4) is 0 Å². The largest absolute Gasteiger partial charge is 0.465 e. The molecule has 1 aromatic carbocycles. The van der Waals surface area contributed by atoms with Crippen LogP contribution in [0.25, 0.3) is 5.57 Å². The van der Waals surface area contributed by atoms with Crippen molar-refractivity contribution in [1.29, 1.82) is 0 Å². The number of halogens is 3. The molecule has 1 heterocycles. The second-order valence-corrected chi connectivity index (χ2v) is 5.82. The summed E-state index contributed by atoms with van der Waals surface area (Å²) in [6, 6.07) is 8.02. The third-order valence-electron chi connectivity index (χ3n) is 3.23. The molecule has 0 spiro atoms. The first kappa shape index (κ1) is 18.9. The Labute approximate surface area is 146 Å². The standard InChI is InChI=1S/C17H13F3O4S/c1-23-15(21)13(16(22)24-2)12-9-8-11(10-6-4-3-5-7-10)14(25-12)17(18,19)20/h3-9H,1-2H3. The molecule has 1 aliphatic heterocycles. The van der Waals surface area contributed by atoms with E-state index in [4.69, 9.17) is 0 Å².